The quantitative estimate of drug-likeness (QED) is 0.363. The number of nitriles is 1. The van der Waals surface area contributed by atoms with Gasteiger partial charge in [0.05, 0.1) is 18.1 Å². The lowest BCUT2D eigenvalue weighted by Crippen LogP contribution is -2.07. The Morgan fingerprint density at radius 2 is 2.33 bits per heavy atom. The fourth-order valence-corrected chi connectivity index (χ4v) is 1.57. The van der Waals surface area contributed by atoms with Gasteiger partial charge in [-0.3, -0.25) is 5.32 Å². The summed E-state index contributed by atoms with van der Waals surface area (Å²) in [6.45, 7) is 1.82. The van der Waals surface area contributed by atoms with Gasteiger partial charge in [0.15, 0.2) is 6.19 Å². The zero-order chi connectivity index (χ0) is 13.1. The molecule has 2 rings (SSSR count). The normalized spacial score (nSPS) is 9.83. The van der Waals surface area contributed by atoms with E-state index in [1.54, 1.807) is 18.3 Å². The number of hydrogen-bond donors (Lipinski definition) is 2. The van der Waals surface area contributed by atoms with Crippen molar-refractivity contribution in [2.45, 2.75) is 6.92 Å². The fourth-order valence-electron chi connectivity index (χ4n) is 1.57. The molecule has 1 aromatic heterocycles. The standard InChI is InChI=1S/C11H10N4O3/c1-6-3-7(18-11(16)17-2)4-8-9(6)15-10(14-8)13-5-12/h3-4H,1-2H3,(H2,13,14,15). The van der Waals surface area contributed by atoms with Gasteiger partial charge in [0.2, 0.25) is 5.95 Å². The van der Waals surface area contributed by atoms with Gasteiger partial charge in [-0.15, -0.1) is 0 Å². The number of nitrogens with one attached hydrogen (secondary N) is 2. The van der Waals surface area contributed by atoms with E-state index in [9.17, 15) is 4.79 Å². The lowest BCUT2D eigenvalue weighted by molar-refractivity contribution is 0.121. The number of rotatable bonds is 2. The van der Waals surface area contributed by atoms with Crippen LogP contribution in [0.3, 0.4) is 0 Å². The summed E-state index contributed by atoms with van der Waals surface area (Å²) in [5, 5.41) is 10.9. The predicted molar refractivity (Wildman–Crippen MR) is 63.1 cm³/mol. The highest BCUT2D eigenvalue weighted by Crippen LogP contribution is 2.24. The Bertz CT molecular complexity index is 642. The number of aryl methyl sites for hydroxylation is 1. The molecule has 0 aliphatic heterocycles. The molecule has 0 atom stereocenters. The number of benzene rings is 1. The highest BCUT2D eigenvalue weighted by atomic mass is 16.7. The Morgan fingerprint density at radius 3 is 3.00 bits per heavy atom. The largest absolute Gasteiger partial charge is 0.513 e. The number of imidazole rings is 1. The summed E-state index contributed by atoms with van der Waals surface area (Å²) in [5.41, 5.74) is 2.17. The van der Waals surface area contributed by atoms with E-state index in [0.717, 1.165) is 5.56 Å². The van der Waals surface area contributed by atoms with Crippen molar-refractivity contribution in [1.29, 1.82) is 5.26 Å². The molecule has 7 heteroatoms. The van der Waals surface area contributed by atoms with Gasteiger partial charge in [-0.25, -0.2) is 9.78 Å². The van der Waals surface area contributed by atoms with Gasteiger partial charge < -0.3 is 14.5 Å². The molecule has 2 N–H and O–H groups in total. The van der Waals surface area contributed by atoms with Crippen LogP contribution in [0.1, 0.15) is 5.56 Å². The van der Waals surface area contributed by atoms with Gasteiger partial charge in [-0.1, -0.05) is 0 Å². The lowest BCUT2D eigenvalue weighted by atomic mass is 10.2. The molecular weight excluding hydrogens is 236 g/mol. The van der Waals surface area contributed by atoms with E-state index in [2.05, 4.69) is 20.0 Å². The monoisotopic (exact) mass is 246 g/mol. The molecule has 0 amide bonds. The van der Waals surface area contributed by atoms with Crippen LogP contribution < -0.4 is 10.1 Å². The average Bonchev–Trinajstić information content (AvgIpc) is 2.72. The topological polar surface area (TPSA) is 100 Å². The highest BCUT2D eigenvalue weighted by Gasteiger charge is 2.10. The Morgan fingerprint density at radius 1 is 1.56 bits per heavy atom. The first-order valence-corrected chi connectivity index (χ1v) is 5.05. The van der Waals surface area contributed by atoms with Crippen LogP contribution in [-0.2, 0) is 4.74 Å². The van der Waals surface area contributed by atoms with Crippen LogP contribution in [0.2, 0.25) is 0 Å². The van der Waals surface area contributed by atoms with Crippen LogP contribution >= 0.6 is 0 Å². The summed E-state index contributed by atoms with van der Waals surface area (Å²) in [6, 6.07) is 3.27. The van der Waals surface area contributed by atoms with Gasteiger partial charge in [0.1, 0.15) is 5.75 Å². The van der Waals surface area contributed by atoms with Gasteiger partial charge in [0, 0.05) is 6.07 Å². The Kier molecular flexibility index (Phi) is 3.02. The summed E-state index contributed by atoms with van der Waals surface area (Å²) in [6.07, 6.45) is 0.983. The maximum Gasteiger partial charge on any atom is 0.513 e. The average molecular weight is 246 g/mol. The molecule has 1 heterocycles. The van der Waals surface area contributed by atoms with Crippen molar-refractivity contribution in [3.63, 3.8) is 0 Å². The number of H-pyrrole nitrogens is 1. The first kappa shape index (κ1) is 11.7. The van der Waals surface area contributed by atoms with Crippen LogP contribution in [-0.4, -0.2) is 23.2 Å². The number of anilines is 1. The van der Waals surface area contributed by atoms with E-state index < -0.39 is 6.16 Å². The van der Waals surface area contributed by atoms with E-state index in [-0.39, 0.29) is 0 Å². The van der Waals surface area contributed by atoms with E-state index in [0.29, 0.717) is 22.7 Å². The number of aromatic nitrogens is 2. The SMILES string of the molecule is COC(=O)Oc1cc(C)c2nc(NC#N)[nH]c2c1. The van der Waals surface area contributed by atoms with Crippen molar-refractivity contribution in [2.24, 2.45) is 0 Å². The number of carbonyl (C=O) groups is 1. The molecule has 0 aliphatic carbocycles. The fraction of sp³-hybridized carbons (Fsp3) is 0.182. The summed E-state index contributed by atoms with van der Waals surface area (Å²) < 4.78 is 9.33. The Labute approximate surface area is 102 Å². The molecule has 92 valence electrons. The van der Waals surface area contributed by atoms with Gasteiger partial charge >= 0.3 is 6.16 Å². The second kappa shape index (κ2) is 4.63. The molecule has 0 spiro atoms. The van der Waals surface area contributed by atoms with Crippen LogP contribution in [0, 0.1) is 18.4 Å². The molecule has 2 aromatic rings. The molecule has 1 aromatic carbocycles. The van der Waals surface area contributed by atoms with E-state index in [1.165, 1.54) is 7.11 Å². The van der Waals surface area contributed by atoms with E-state index >= 15 is 0 Å². The number of hydrogen-bond acceptors (Lipinski definition) is 6. The van der Waals surface area contributed by atoms with Crippen LogP contribution in [0.15, 0.2) is 12.1 Å². The van der Waals surface area contributed by atoms with Crippen LogP contribution in [0.4, 0.5) is 10.7 Å². The molecule has 0 fully saturated rings. The van der Waals surface area contributed by atoms with Gasteiger partial charge in [-0.05, 0) is 18.6 Å². The summed E-state index contributed by atoms with van der Waals surface area (Å²) in [4.78, 5) is 18.1. The number of nitrogens with zero attached hydrogens (tertiary/aromatic N) is 2. The van der Waals surface area contributed by atoms with Crippen molar-refractivity contribution < 1.29 is 14.3 Å². The Balaban J connectivity index is 2.42. The van der Waals surface area contributed by atoms with Crippen molar-refractivity contribution in [3.8, 4) is 11.9 Å². The van der Waals surface area contributed by atoms with Crippen molar-refractivity contribution in [2.75, 3.05) is 12.4 Å². The molecular formula is C11H10N4O3. The van der Waals surface area contributed by atoms with Crippen molar-refractivity contribution in [1.82, 2.24) is 9.97 Å². The number of aromatic amines is 1. The summed E-state index contributed by atoms with van der Waals surface area (Å²) >= 11 is 0. The van der Waals surface area contributed by atoms with Crippen LogP contribution in [0.5, 0.6) is 5.75 Å². The van der Waals surface area contributed by atoms with Crippen molar-refractivity contribution >= 4 is 23.1 Å². The minimum atomic E-state index is -0.788. The smallest absolute Gasteiger partial charge is 0.437 e. The predicted octanol–water partition coefficient (Wildman–Crippen LogP) is 1.91. The van der Waals surface area contributed by atoms with Gasteiger partial charge in [-0.2, -0.15) is 5.26 Å². The third kappa shape index (κ3) is 2.17. The molecule has 18 heavy (non-hydrogen) atoms. The number of carbonyl (C=O) groups excluding carboxylic acids is 1. The molecule has 0 aliphatic rings. The lowest BCUT2D eigenvalue weighted by Gasteiger charge is -2.03. The second-order valence-electron chi connectivity index (χ2n) is 3.51. The molecule has 0 unspecified atom stereocenters. The van der Waals surface area contributed by atoms with E-state index in [1.807, 2.05) is 6.92 Å². The zero-order valence-electron chi connectivity index (χ0n) is 9.77. The highest BCUT2D eigenvalue weighted by molar-refractivity contribution is 5.83. The third-order valence-electron chi connectivity index (χ3n) is 2.29. The number of fused-ring (bicyclic) bond motifs is 1. The number of ether oxygens (including phenoxy) is 2. The molecule has 0 radical (unpaired) electrons. The third-order valence-corrected chi connectivity index (χ3v) is 2.29. The number of methoxy groups -OCH3 is 1. The second-order valence-corrected chi connectivity index (χ2v) is 3.51. The minimum Gasteiger partial charge on any atom is -0.437 e. The molecule has 0 saturated heterocycles. The zero-order valence-corrected chi connectivity index (χ0v) is 9.77. The van der Waals surface area contributed by atoms with E-state index in [4.69, 9.17) is 10.00 Å². The maximum atomic E-state index is 11.0. The maximum absolute atomic E-state index is 11.0. The Hall–Kier alpha value is -2.75. The first-order chi connectivity index (χ1) is 8.63. The van der Waals surface area contributed by atoms with Crippen LogP contribution in [0.25, 0.3) is 11.0 Å². The van der Waals surface area contributed by atoms with Crippen molar-refractivity contribution in [3.05, 3.63) is 17.7 Å². The molecule has 0 bridgehead atoms. The minimum absolute atomic E-state index is 0.339. The molecule has 7 nitrogen and oxygen atoms in total. The van der Waals surface area contributed by atoms with Gasteiger partial charge in [0.25, 0.3) is 0 Å². The molecule has 0 saturated carbocycles. The summed E-state index contributed by atoms with van der Waals surface area (Å²) in [7, 11) is 1.23. The summed E-state index contributed by atoms with van der Waals surface area (Å²) in [5.74, 6) is 0.685. The first-order valence-electron chi connectivity index (χ1n) is 5.05.